The minimum atomic E-state index is 0.453. The molecule has 3 rings (SSSR count). The zero-order chi connectivity index (χ0) is 14.7. The molecule has 1 aromatic heterocycles. The second-order valence-electron chi connectivity index (χ2n) is 5.65. The van der Waals surface area contributed by atoms with Crippen LogP contribution in [0.4, 0.5) is 0 Å². The molecular formula is C18H22N2O. The third kappa shape index (κ3) is 3.08. The first-order valence-corrected chi connectivity index (χ1v) is 7.61. The van der Waals surface area contributed by atoms with Gasteiger partial charge in [0.25, 0.3) is 0 Å². The molecule has 1 N–H and O–H groups in total. The number of pyridine rings is 1. The lowest BCUT2D eigenvalue weighted by Crippen LogP contribution is -2.21. The van der Waals surface area contributed by atoms with Crippen molar-refractivity contribution in [3.8, 4) is 5.75 Å². The Bertz CT molecular complexity index is 624. The Morgan fingerprint density at radius 1 is 1.33 bits per heavy atom. The minimum absolute atomic E-state index is 0.453. The fourth-order valence-corrected chi connectivity index (χ4v) is 2.99. The number of nitrogens with zero attached hydrogens (tertiary/aromatic N) is 1. The first kappa shape index (κ1) is 14.1. The van der Waals surface area contributed by atoms with E-state index < -0.39 is 0 Å². The monoisotopic (exact) mass is 282 g/mol. The van der Waals surface area contributed by atoms with Crippen LogP contribution in [0.2, 0.25) is 0 Å². The predicted molar refractivity (Wildman–Crippen MR) is 84.5 cm³/mol. The van der Waals surface area contributed by atoms with Gasteiger partial charge in [-0.05, 0) is 68.1 Å². The summed E-state index contributed by atoms with van der Waals surface area (Å²) in [7, 11) is 2.03. The summed E-state index contributed by atoms with van der Waals surface area (Å²) in [6.45, 7) is 2.59. The van der Waals surface area contributed by atoms with Gasteiger partial charge in [0, 0.05) is 12.2 Å². The van der Waals surface area contributed by atoms with Crippen LogP contribution in [-0.2, 0) is 13.0 Å². The molecule has 1 aliphatic rings. The zero-order valence-electron chi connectivity index (χ0n) is 12.7. The van der Waals surface area contributed by atoms with Gasteiger partial charge < -0.3 is 10.1 Å². The lowest BCUT2D eigenvalue weighted by Gasteiger charge is -2.25. The molecule has 2 aromatic rings. The van der Waals surface area contributed by atoms with Gasteiger partial charge in [-0.3, -0.25) is 4.98 Å². The molecule has 21 heavy (non-hydrogen) atoms. The van der Waals surface area contributed by atoms with Gasteiger partial charge in [0.15, 0.2) is 0 Å². The third-order valence-corrected chi connectivity index (χ3v) is 4.27. The number of aromatic nitrogens is 1. The second kappa shape index (κ2) is 6.27. The van der Waals surface area contributed by atoms with E-state index in [0.29, 0.717) is 12.6 Å². The Morgan fingerprint density at radius 3 is 3.05 bits per heavy atom. The summed E-state index contributed by atoms with van der Waals surface area (Å²) >= 11 is 0. The van der Waals surface area contributed by atoms with Crippen LogP contribution in [0.25, 0.3) is 0 Å². The molecule has 0 saturated carbocycles. The highest BCUT2D eigenvalue weighted by molar-refractivity contribution is 5.39. The quantitative estimate of drug-likeness (QED) is 0.931. The van der Waals surface area contributed by atoms with Crippen LogP contribution in [0.1, 0.15) is 41.3 Å². The normalized spacial score (nSPS) is 17.3. The molecule has 110 valence electrons. The highest BCUT2D eigenvalue weighted by atomic mass is 16.5. The number of ether oxygens (including phenoxy) is 1. The third-order valence-electron chi connectivity index (χ3n) is 4.27. The van der Waals surface area contributed by atoms with Crippen molar-refractivity contribution >= 4 is 0 Å². The maximum atomic E-state index is 5.94. The molecule has 0 saturated heterocycles. The van der Waals surface area contributed by atoms with Crippen LogP contribution in [0.3, 0.4) is 0 Å². The number of nitrogens with one attached hydrogen (secondary N) is 1. The predicted octanol–water partition coefficient (Wildman–Crippen LogP) is 3.57. The number of benzene rings is 1. The summed E-state index contributed by atoms with van der Waals surface area (Å²) in [5.74, 6) is 0.931. The Hall–Kier alpha value is -1.87. The first-order valence-electron chi connectivity index (χ1n) is 7.61. The summed E-state index contributed by atoms with van der Waals surface area (Å²) in [6.07, 6.45) is 5.45. The summed E-state index contributed by atoms with van der Waals surface area (Å²) < 4.78 is 5.94. The minimum Gasteiger partial charge on any atom is -0.487 e. The summed E-state index contributed by atoms with van der Waals surface area (Å²) in [5, 5.41) is 3.40. The Labute approximate surface area is 126 Å². The SMILES string of the molecule is CNC1CCCc2ccc(OCc3ncccc3C)cc21. The zero-order valence-corrected chi connectivity index (χ0v) is 12.7. The largest absolute Gasteiger partial charge is 0.487 e. The summed E-state index contributed by atoms with van der Waals surface area (Å²) in [6, 6.07) is 10.9. The molecule has 3 heteroatoms. The van der Waals surface area contributed by atoms with E-state index in [4.69, 9.17) is 4.74 Å². The smallest absolute Gasteiger partial charge is 0.130 e. The lowest BCUT2D eigenvalue weighted by molar-refractivity contribution is 0.299. The maximum absolute atomic E-state index is 5.94. The van der Waals surface area contributed by atoms with Crippen LogP contribution in [0.5, 0.6) is 5.75 Å². The average molecular weight is 282 g/mol. The molecule has 0 aliphatic heterocycles. The van der Waals surface area contributed by atoms with Crippen LogP contribution >= 0.6 is 0 Å². The average Bonchev–Trinajstić information content (AvgIpc) is 2.53. The van der Waals surface area contributed by atoms with Crippen molar-refractivity contribution in [2.45, 2.75) is 38.8 Å². The van der Waals surface area contributed by atoms with Gasteiger partial charge in [-0.2, -0.15) is 0 Å². The topological polar surface area (TPSA) is 34.1 Å². The number of hydrogen-bond acceptors (Lipinski definition) is 3. The fourth-order valence-electron chi connectivity index (χ4n) is 2.99. The van der Waals surface area contributed by atoms with Crippen molar-refractivity contribution in [3.05, 3.63) is 58.9 Å². The molecular weight excluding hydrogens is 260 g/mol. The van der Waals surface area contributed by atoms with Gasteiger partial charge in [-0.15, -0.1) is 0 Å². The lowest BCUT2D eigenvalue weighted by atomic mass is 9.87. The number of aryl methyl sites for hydroxylation is 2. The van der Waals surface area contributed by atoms with Gasteiger partial charge in [0.2, 0.25) is 0 Å². The van der Waals surface area contributed by atoms with Crippen molar-refractivity contribution in [3.63, 3.8) is 0 Å². The van der Waals surface area contributed by atoms with Gasteiger partial charge in [0.05, 0.1) is 5.69 Å². The number of hydrogen-bond donors (Lipinski definition) is 1. The number of fused-ring (bicyclic) bond motifs is 1. The molecule has 0 radical (unpaired) electrons. The molecule has 0 amide bonds. The van der Waals surface area contributed by atoms with Crippen LogP contribution < -0.4 is 10.1 Å². The second-order valence-corrected chi connectivity index (χ2v) is 5.65. The van der Waals surface area contributed by atoms with Crippen LogP contribution in [0, 0.1) is 6.92 Å². The van der Waals surface area contributed by atoms with E-state index in [0.717, 1.165) is 11.4 Å². The molecule has 1 atom stereocenters. The Balaban J connectivity index is 1.76. The molecule has 3 nitrogen and oxygen atoms in total. The van der Waals surface area contributed by atoms with E-state index in [1.54, 1.807) is 0 Å². The van der Waals surface area contributed by atoms with Gasteiger partial charge in [-0.25, -0.2) is 0 Å². The molecule has 0 bridgehead atoms. The van der Waals surface area contributed by atoms with E-state index in [-0.39, 0.29) is 0 Å². The summed E-state index contributed by atoms with van der Waals surface area (Å²) in [5.41, 5.74) is 5.00. The Kier molecular flexibility index (Phi) is 4.20. The maximum Gasteiger partial charge on any atom is 0.130 e. The molecule has 0 spiro atoms. The molecule has 0 fully saturated rings. The van der Waals surface area contributed by atoms with Crippen LogP contribution in [0.15, 0.2) is 36.5 Å². The fraction of sp³-hybridized carbons (Fsp3) is 0.389. The summed E-state index contributed by atoms with van der Waals surface area (Å²) in [4.78, 5) is 4.37. The van der Waals surface area contributed by atoms with E-state index in [2.05, 4.69) is 41.5 Å². The molecule has 1 heterocycles. The van der Waals surface area contributed by atoms with E-state index in [9.17, 15) is 0 Å². The molecule has 1 aromatic carbocycles. The van der Waals surface area contributed by atoms with Gasteiger partial charge >= 0.3 is 0 Å². The van der Waals surface area contributed by atoms with Gasteiger partial charge in [0.1, 0.15) is 12.4 Å². The van der Waals surface area contributed by atoms with Gasteiger partial charge in [-0.1, -0.05) is 12.1 Å². The molecule has 1 unspecified atom stereocenters. The van der Waals surface area contributed by atoms with Crippen LogP contribution in [-0.4, -0.2) is 12.0 Å². The van der Waals surface area contributed by atoms with Crippen molar-refractivity contribution in [1.82, 2.24) is 10.3 Å². The first-order chi connectivity index (χ1) is 10.3. The highest BCUT2D eigenvalue weighted by Crippen LogP contribution is 2.32. The van der Waals surface area contributed by atoms with Crippen molar-refractivity contribution < 1.29 is 4.74 Å². The van der Waals surface area contributed by atoms with Crippen molar-refractivity contribution in [2.24, 2.45) is 0 Å². The van der Waals surface area contributed by atoms with E-state index in [1.807, 2.05) is 19.3 Å². The van der Waals surface area contributed by atoms with E-state index in [1.165, 1.54) is 36.0 Å². The number of rotatable bonds is 4. The Morgan fingerprint density at radius 2 is 2.24 bits per heavy atom. The van der Waals surface area contributed by atoms with Crippen molar-refractivity contribution in [2.75, 3.05) is 7.05 Å². The highest BCUT2D eigenvalue weighted by Gasteiger charge is 2.19. The van der Waals surface area contributed by atoms with Crippen molar-refractivity contribution in [1.29, 1.82) is 0 Å². The standard InChI is InChI=1S/C18H22N2O/c1-13-5-4-10-20-18(13)12-21-15-9-8-14-6-3-7-17(19-2)16(14)11-15/h4-5,8-11,17,19H,3,6-7,12H2,1-2H3. The molecule has 1 aliphatic carbocycles. The van der Waals surface area contributed by atoms with E-state index >= 15 is 0 Å².